The molecule has 0 saturated carbocycles. The van der Waals surface area contributed by atoms with Crippen molar-refractivity contribution in [1.82, 2.24) is 30.0 Å². The maximum atomic E-state index is 13.6. The van der Waals surface area contributed by atoms with Gasteiger partial charge in [0.05, 0.1) is 22.8 Å². The maximum absolute atomic E-state index is 13.6. The lowest BCUT2D eigenvalue weighted by molar-refractivity contribution is 0.0624. The summed E-state index contributed by atoms with van der Waals surface area (Å²) in [6.45, 7) is 2.68. The van der Waals surface area contributed by atoms with Gasteiger partial charge in [0.15, 0.2) is 17.5 Å². The fourth-order valence-electron chi connectivity index (χ4n) is 3.26. The van der Waals surface area contributed by atoms with Gasteiger partial charge in [-0.15, -0.1) is 5.10 Å². The van der Waals surface area contributed by atoms with E-state index in [-0.39, 0.29) is 5.91 Å². The van der Waals surface area contributed by atoms with E-state index in [0.717, 1.165) is 16.6 Å². The van der Waals surface area contributed by atoms with Crippen LogP contribution in [0.4, 0.5) is 8.78 Å². The van der Waals surface area contributed by atoms with Crippen LogP contribution < -0.4 is 0 Å². The Morgan fingerprint density at radius 1 is 1.07 bits per heavy atom. The van der Waals surface area contributed by atoms with Crippen LogP contribution in [-0.2, 0) is 6.54 Å². The number of aromatic nitrogens is 4. The molecule has 30 heavy (non-hydrogen) atoms. The highest BCUT2D eigenvalue weighted by atomic mass is 79.9. The quantitative estimate of drug-likeness (QED) is 0.553. The van der Waals surface area contributed by atoms with Crippen LogP contribution in [0.3, 0.4) is 0 Å². The predicted molar refractivity (Wildman–Crippen MR) is 109 cm³/mol. The Morgan fingerprint density at radius 2 is 1.83 bits per heavy atom. The molecule has 2 heterocycles. The molecular formula is C19H16BrClF2N6O. The lowest BCUT2D eigenvalue weighted by atomic mass is 10.2. The van der Waals surface area contributed by atoms with Crippen molar-refractivity contribution in [2.24, 2.45) is 0 Å². The summed E-state index contributed by atoms with van der Waals surface area (Å²) in [7, 11) is 0. The molecule has 11 heteroatoms. The zero-order valence-corrected chi connectivity index (χ0v) is 17.9. The molecule has 1 saturated heterocycles. The highest BCUT2D eigenvalue weighted by molar-refractivity contribution is 9.10. The van der Waals surface area contributed by atoms with Crippen molar-refractivity contribution in [2.75, 3.05) is 26.2 Å². The number of carbonyl (C=O) groups excluding carboxylic acids is 1. The molecule has 156 valence electrons. The average Bonchev–Trinajstić information content (AvgIpc) is 3.20. The van der Waals surface area contributed by atoms with Crippen LogP contribution in [0, 0.1) is 11.6 Å². The highest BCUT2D eigenvalue weighted by Crippen LogP contribution is 2.23. The number of benzene rings is 2. The van der Waals surface area contributed by atoms with Crippen LogP contribution >= 0.6 is 27.5 Å². The Balaban J connectivity index is 1.41. The van der Waals surface area contributed by atoms with Gasteiger partial charge < -0.3 is 4.90 Å². The SMILES string of the molecule is O=C(c1cc(Br)ccc1Cl)N1CCN(Cc2nnnn2-c2ccc(F)c(F)c2)CC1. The second-order valence-electron chi connectivity index (χ2n) is 6.80. The van der Waals surface area contributed by atoms with Gasteiger partial charge >= 0.3 is 0 Å². The first kappa shape index (κ1) is 20.8. The molecule has 0 N–H and O–H groups in total. The zero-order valence-electron chi connectivity index (χ0n) is 15.6. The predicted octanol–water partition coefficient (Wildman–Crippen LogP) is 3.31. The molecule has 1 aliphatic heterocycles. The fourth-order valence-corrected chi connectivity index (χ4v) is 3.82. The van der Waals surface area contributed by atoms with Crippen LogP contribution in [-0.4, -0.2) is 62.1 Å². The summed E-state index contributed by atoms with van der Waals surface area (Å²) < 4.78 is 28.9. The van der Waals surface area contributed by atoms with Crippen molar-refractivity contribution in [3.8, 4) is 5.69 Å². The molecule has 7 nitrogen and oxygen atoms in total. The molecule has 3 aromatic rings. The Kier molecular flexibility index (Phi) is 6.07. The van der Waals surface area contributed by atoms with E-state index in [1.165, 1.54) is 10.7 Å². The zero-order chi connectivity index (χ0) is 21.3. The second-order valence-corrected chi connectivity index (χ2v) is 8.12. The summed E-state index contributed by atoms with van der Waals surface area (Å²) in [6, 6.07) is 8.69. The van der Waals surface area contributed by atoms with Gasteiger partial charge in [0.25, 0.3) is 5.91 Å². The standard InChI is InChI=1S/C19H16BrClF2N6O/c20-12-1-3-15(21)14(9-12)19(30)28-7-5-27(6-8-28)11-18-24-25-26-29(18)13-2-4-16(22)17(23)10-13/h1-4,9-10H,5-8,11H2. The number of hydrogen-bond acceptors (Lipinski definition) is 5. The van der Waals surface area contributed by atoms with Gasteiger partial charge in [0.2, 0.25) is 0 Å². The summed E-state index contributed by atoms with van der Waals surface area (Å²) in [4.78, 5) is 16.6. The molecule has 0 unspecified atom stereocenters. The minimum Gasteiger partial charge on any atom is -0.336 e. The van der Waals surface area contributed by atoms with E-state index in [0.29, 0.717) is 54.8 Å². The summed E-state index contributed by atoms with van der Waals surface area (Å²) in [5.74, 6) is -1.52. The van der Waals surface area contributed by atoms with Gasteiger partial charge in [-0.3, -0.25) is 9.69 Å². The van der Waals surface area contributed by atoms with E-state index < -0.39 is 11.6 Å². The summed E-state index contributed by atoms with van der Waals surface area (Å²) >= 11 is 9.54. The second kappa shape index (κ2) is 8.75. The van der Waals surface area contributed by atoms with Crippen LogP contribution in [0.1, 0.15) is 16.2 Å². The van der Waals surface area contributed by atoms with E-state index in [1.54, 1.807) is 23.1 Å². The fraction of sp³-hybridized carbons (Fsp3) is 0.263. The van der Waals surface area contributed by atoms with Crippen LogP contribution in [0.25, 0.3) is 5.69 Å². The van der Waals surface area contributed by atoms with Crippen LogP contribution in [0.15, 0.2) is 40.9 Å². The summed E-state index contributed by atoms with van der Waals surface area (Å²) in [5, 5.41) is 11.9. The smallest absolute Gasteiger partial charge is 0.255 e. The lowest BCUT2D eigenvalue weighted by Crippen LogP contribution is -2.48. The van der Waals surface area contributed by atoms with Crippen molar-refractivity contribution >= 4 is 33.4 Å². The van der Waals surface area contributed by atoms with E-state index in [1.807, 2.05) is 0 Å². The van der Waals surface area contributed by atoms with Crippen molar-refractivity contribution in [3.05, 3.63) is 68.9 Å². The number of nitrogens with zero attached hydrogens (tertiary/aromatic N) is 6. The van der Waals surface area contributed by atoms with Gasteiger partial charge in [-0.25, -0.2) is 8.78 Å². The summed E-state index contributed by atoms with van der Waals surface area (Å²) in [6.07, 6.45) is 0. The number of hydrogen-bond donors (Lipinski definition) is 0. The van der Waals surface area contributed by atoms with Crippen molar-refractivity contribution < 1.29 is 13.6 Å². The third-order valence-electron chi connectivity index (χ3n) is 4.87. The highest BCUT2D eigenvalue weighted by Gasteiger charge is 2.25. The largest absolute Gasteiger partial charge is 0.336 e. The van der Waals surface area contributed by atoms with Crippen molar-refractivity contribution in [2.45, 2.75) is 6.54 Å². The molecule has 1 aliphatic rings. The van der Waals surface area contributed by atoms with Gasteiger partial charge in [-0.05, 0) is 40.8 Å². The lowest BCUT2D eigenvalue weighted by Gasteiger charge is -2.34. The molecule has 1 amide bonds. The number of tetrazole rings is 1. The molecule has 1 aromatic heterocycles. The van der Waals surface area contributed by atoms with Gasteiger partial charge in [0, 0.05) is 36.7 Å². The van der Waals surface area contributed by atoms with E-state index in [9.17, 15) is 13.6 Å². The third-order valence-corrected chi connectivity index (χ3v) is 5.69. The minimum absolute atomic E-state index is 0.118. The van der Waals surface area contributed by atoms with Gasteiger partial charge in [-0.1, -0.05) is 27.5 Å². The molecule has 0 atom stereocenters. The van der Waals surface area contributed by atoms with E-state index >= 15 is 0 Å². The molecule has 2 aromatic carbocycles. The van der Waals surface area contributed by atoms with Gasteiger partial charge in [0.1, 0.15) is 0 Å². The molecule has 0 bridgehead atoms. The number of piperazine rings is 1. The molecule has 1 fully saturated rings. The first-order chi connectivity index (χ1) is 14.4. The average molecular weight is 498 g/mol. The monoisotopic (exact) mass is 496 g/mol. The molecule has 0 spiro atoms. The Labute approximate surface area is 184 Å². The van der Waals surface area contributed by atoms with Crippen molar-refractivity contribution in [3.63, 3.8) is 0 Å². The maximum Gasteiger partial charge on any atom is 0.255 e. The minimum atomic E-state index is -0.965. The van der Waals surface area contributed by atoms with E-state index in [4.69, 9.17) is 11.6 Å². The number of carbonyl (C=O) groups is 1. The van der Waals surface area contributed by atoms with Crippen molar-refractivity contribution in [1.29, 1.82) is 0 Å². The van der Waals surface area contributed by atoms with Crippen LogP contribution in [0.2, 0.25) is 5.02 Å². The molecule has 0 aliphatic carbocycles. The van der Waals surface area contributed by atoms with E-state index in [2.05, 4.69) is 36.4 Å². The Hall–Kier alpha value is -2.43. The third kappa shape index (κ3) is 4.35. The molecule has 0 radical (unpaired) electrons. The molecule has 4 rings (SSSR count). The number of halogens is 4. The Bertz CT molecular complexity index is 1090. The Morgan fingerprint density at radius 3 is 2.57 bits per heavy atom. The summed E-state index contributed by atoms with van der Waals surface area (Å²) in [5.41, 5.74) is 0.800. The number of amides is 1. The molecular weight excluding hydrogens is 482 g/mol. The first-order valence-electron chi connectivity index (χ1n) is 9.12. The van der Waals surface area contributed by atoms with Crippen LogP contribution in [0.5, 0.6) is 0 Å². The first-order valence-corrected chi connectivity index (χ1v) is 10.3. The van der Waals surface area contributed by atoms with Gasteiger partial charge in [-0.2, -0.15) is 4.68 Å². The topological polar surface area (TPSA) is 67.2 Å². The normalized spacial score (nSPS) is 14.9. The number of rotatable bonds is 4.